The van der Waals surface area contributed by atoms with Crippen molar-refractivity contribution in [2.24, 2.45) is 0 Å². The minimum absolute atomic E-state index is 0.291. The molecule has 0 saturated heterocycles. The van der Waals surface area contributed by atoms with E-state index in [4.69, 9.17) is 8.97 Å². The van der Waals surface area contributed by atoms with Gasteiger partial charge >= 0.3 is 19.5 Å². The van der Waals surface area contributed by atoms with Crippen LogP contribution in [0.4, 0.5) is 0 Å². The molecule has 2 nitrogen and oxygen atoms in total. The quantitative estimate of drug-likeness (QED) is 0.664. The standard InChI is InChI=1S/C6H5O.C3H5.Co.O/c7-6-4-2-1-3-5-6;1-3-2;;/h2-5,7H;1H2,2H3;;/q2*-1;;. The van der Waals surface area contributed by atoms with Crippen molar-refractivity contribution in [1.29, 1.82) is 0 Å². The molecular weight excluding hydrogens is 199 g/mol. The van der Waals surface area contributed by atoms with Gasteiger partial charge < -0.3 is 11.2 Å². The second-order valence-electron chi connectivity index (χ2n) is 1.61. The summed E-state index contributed by atoms with van der Waals surface area (Å²) in [6, 6.07) is 9.26. The van der Waals surface area contributed by atoms with E-state index in [1.807, 2.05) is 0 Å². The molecule has 1 N–H and O–H groups in total. The van der Waals surface area contributed by atoms with Gasteiger partial charge in [0.05, 0.1) is 0 Å². The zero-order valence-electron chi connectivity index (χ0n) is 6.71. The van der Waals surface area contributed by atoms with E-state index in [1.54, 1.807) is 31.2 Å². The molecule has 0 unspecified atom stereocenters. The van der Waals surface area contributed by atoms with Crippen molar-refractivity contribution in [2.75, 3.05) is 0 Å². The summed E-state index contributed by atoms with van der Waals surface area (Å²) in [5.74, 6) is 0.291. The van der Waals surface area contributed by atoms with Crippen LogP contribution < -0.4 is 0 Å². The van der Waals surface area contributed by atoms with E-state index >= 15 is 0 Å². The molecule has 0 aliphatic carbocycles. The van der Waals surface area contributed by atoms with Crippen molar-refractivity contribution in [3.8, 4) is 5.75 Å². The number of benzene rings is 1. The number of phenolic OH excluding ortho intramolecular Hbond substituents is 1. The van der Waals surface area contributed by atoms with E-state index in [1.165, 1.54) is 0 Å². The van der Waals surface area contributed by atoms with Crippen LogP contribution >= 0.6 is 0 Å². The summed E-state index contributed by atoms with van der Waals surface area (Å²) in [6.45, 7) is 5.00. The van der Waals surface area contributed by atoms with Crippen molar-refractivity contribution < 1.29 is 24.6 Å². The van der Waals surface area contributed by atoms with E-state index in [0.717, 1.165) is 0 Å². The second kappa shape index (κ2) is 12.7. The molecule has 1 aromatic rings. The number of allylic oxidation sites excluding steroid dienone is 1. The second-order valence-corrected chi connectivity index (χ2v) is 1.61. The Hall–Kier alpha value is -0.934. The van der Waals surface area contributed by atoms with Crippen molar-refractivity contribution in [1.82, 2.24) is 0 Å². The Bertz CT molecular complexity index is 187. The summed E-state index contributed by atoms with van der Waals surface area (Å²) in [7, 11) is 0. The van der Waals surface area contributed by atoms with Gasteiger partial charge in [0, 0.05) is 5.75 Å². The van der Waals surface area contributed by atoms with Crippen LogP contribution in [0.1, 0.15) is 6.92 Å². The average Bonchev–Trinajstić information content (AvgIpc) is 2.11. The predicted octanol–water partition coefficient (Wildman–Crippen LogP) is 2.07. The van der Waals surface area contributed by atoms with Crippen LogP contribution in [0, 0.1) is 12.1 Å². The third-order valence-electron chi connectivity index (χ3n) is 0.701. The van der Waals surface area contributed by atoms with Gasteiger partial charge in [-0.05, 0) is 0 Å². The van der Waals surface area contributed by atoms with Gasteiger partial charge in [-0.15, -0.1) is 12.1 Å². The van der Waals surface area contributed by atoms with Gasteiger partial charge in [-0.25, -0.2) is 0 Å². The van der Waals surface area contributed by atoms with Crippen LogP contribution in [0.25, 0.3) is 0 Å². The molecule has 69 valence electrons. The van der Waals surface area contributed by atoms with Crippen molar-refractivity contribution in [3.05, 3.63) is 43.0 Å². The van der Waals surface area contributed by atoms with Gasteiger partial charge in [0.25, 0.3) is 0 Å². The minimum atomic E-state index is 0.291. The van der Waals surface area contributed by atoms with Crippen LogP contribution in [-0.2, 0) is 19.5 Å². The Balaban J connectivity index is 0. The normalized spacial score (nSPS) is 6.50. The Kier molecular flexibility index (Phi) is 14.5. The number of hydrogen-bond acceptors (Lipinski definition) is 2. The zero-order valence-corrected chi connectivity index (χ0v) is 7.75. The zero-order chi connectivity index (χ0) is 9.82. The Morgan fingerprint density at radius 2 is 1.83 bits per heavy atom. The molecule has 0 bridgehead atoms. The molecule has 0 atom stereocenters. The summed E-state index contributed by atoms with van der Waals surface area (Å²) in [4.78, 5) is 0. The summed E-state index contributed by atoms with van der Waals surface area (Å²) >= 11 is 2.31. The predicted molar refractivity (Wildman–Crippen MR) is 42.2 cm³/mol. The van der Waals surface area contributed by atoms with Crippen molar-refractivity contribution in [3.63, 3.8) is 0 Å². The first-order valence-corrected chi connectivity index (χ1v) is 3.46. The molecule has 1 aromatic carbocycles. The summed E-state index contributed by atoms with van der Waals surface area (Å²) in [5.41, 5.74) is 0. The third kappa shape index (κ3) is 11.8. The number of rotatable bonds is 0. The average molecular weight is 209 g/mol. The van der Waals surface area contributed by atoms with Crippen LogP contribution in [0.2, 0.25) is 0 Å². The summed E-state index contributed by atoms with van der Waals surface area (Å²) < 4.78 is 7.94. The first-order valence-electron chi connectivity index (χ1n) is 3.03. The summed E-state index contributed by atoms with van der Waals surface area (Å²) in [6.07, 6.45) is 2.50. The molecule has 0 aliphatic rings. The van der Waals surface area contributed by atoms with Crippen molar-refractivity contribution in [2.45, 2.75) is 6.92 Å². The molecule has 1 rings (SSSR count). The molecule has 0 saturated carbocycles. The maximum atomic E-state index is 8.61. The first kappa shape index (κ1) is 13.6. The fraction of sp³-hybridized carbons (Fsp3) is 0.111. The number of hydrogen-bond donors (Lipinski definition) is 1. The van der Waals surface area contributed by atoms with E-state index < -0.39 is 0 Å². The monoisotopic (exact) mass is 209 g/mol. The van der Waals surface area contributed by atoms with Gasteiger partial charge in [0.1, 0.15) is 0 Å². The third-order valence-corrected chi connectivity index (χ3v) is 0.701. The molecule has 0 spiro atoms. The van der Waals surface area contributed by atoms with E-state index in [0.29, 0.717) is 5.75 Å². The Labute approximate surface area is 80.7 Å². The van der Waals surface area contributed by atoms with E-state index in [2.05, 4.69) is 34.4 Å². The van der Waals surface area contributed by atoms with Crippen LogP contribution in [0.3, 0.4) is 0 Å². The SMILES string of the molecule is C=[C-]C.Oc1cc[c-]cc1.[O]=[Co]. The molecule has 0 fully saturated rings. The van der Waals surface area contributed by atoms with Gasteiger partial charge in [0.15, 0.2) is 0 Å². The van der Waals surface area contributed by atoms with Crippen LogP contribution in [0.5, 0.6) is 5.75 Å². The molecule has 0 aliphatic heterocycles. The molecule has 3 heteroatoms. The maximum absolute atomic E-state index is 8.61. The van der Waals surface area contributed by atoms with Crippen LogP contribution in [-0.4, -0.2) is 5.11 Å². The molecule has 0 radical (unpaired) electrons. The molecular formula is C9H10CoO2-2. The van der Waals surface area contributed by atoms with E-state index in [-0.39, 0.29) is 0 Å². The Morgan fingerprint density at radius 3 is 2.00 bits per heavy atom. The van der Waals surface area contributed by atoms with Gasteiger partial charge in [-0.1, -0.05) is 0 Å². The van der Waals surface area contributed by atoms with Crippen LogP contribution in [0.15, 0.2) is 30.8 Å². The number of phenols is 1. The van der Waals surface area contributed by atoms with Gasteiger partial charge in [-0.3, -0.25) is 6.58 Å². The molecule has 0 amide bonds. The van der Waals surface area contributed by atoms with E-state index in [9.17, 15) is 0 Å². The van der Waals surface area contributed by atoms with Crippen molar-refractivity contribution >= 4 is 0 Å². The Morgan fingerprint density at radius 1 is 1.50 bits per heavy atom. The fourth-order valence-electron chi connectivity index (χ4n) is 0.378. The fourth-order valence-corrected chi connectivity index (χ4v) is 0.378. The molecule has 0 heterocycles. The van der Waals surface area contributed by atoms with Gasteiger partial charge in [-0.2, -0.15) is 25.1 Å². The molecule has 12 heavy (non-hydrogen) atoms. The topological polar surface area (TPSA) is 37.3 Å². The first-order chi connectivity index (χ1) is 5.81. The van der Waals surface area contributed by atoms with Gasteiger partial charge in [0.2, 0.25) is 0 Å². The molecule has 0 aromatic heterocycles. The number of aromatic hydroxyl groups is 1. The summed E-state index contributed by atoms with van der Waals surface area (Å²) in [5, 5.41) is 8.61.